The summed E-state index contributed by atoms with van der Waals surface area (Å²) in [6, 6.07) is -2.83. The van der Waals surface area contributed by atoms with Gasteiger partial charge in [0.15, 0.2) is 0 Å². The first kappa shape index (κ1) is 59.1. The summed E-state index contributed by atoms with van der Waals surface area (Å²) in [6.45, 7) is 16.9. The van der Waals surface area contributed by atoms with Crippen LogP contribution in [0.4, 0.5) is 31.0 Å². The lowest BCUT2D eigenvalue weighted by atomic mass is 9.97. The minimum Gasteiger partial charge on any atom is -0.457 e. The van der Waals surface area contributed by atoms with E-state index in [0.29, 0.717) is 128 Å². The Hall–Kier alpha value is -5.46. The normalized spacial score (nSPS) is 16.9. The third-order valence-electron chi connectivity index (χ3n) is 12.4. The SMILES string of the molecule is C#CCOCCOCCOCCNc1nc(N2CCN(C(=O)C([C@@H](C)CC)n3cc(C(N)COC(=O)C(F)(F)F)nn3)CC2)nc(N2CCN(C(=O)C([C@@H](C)CC)n3cc(C(N)CC(C)C)nn3)CC2)n1.Cl. The summed E-state index contributed by atoms with van der Waals surface area (Å²) in [6.07, 6.45) is 5.33. The Morgan fingerprint density at radius 1 is 0.722 bits per heavy atom. The highest BCUT2D eigenvalue weighted by Crippen LogP contribution is 2.29. The monoisotopic (exact) mass is 1040 g/mol. The number of piperazine rings is 2. The molecule has 72 heavy (non-hydrogen) atoms. The Bertz CT molecular complexity index is 2180. The Morgan fingerprint density at radius 3 is 1.62 bits per heavy atom. The van der Waals surface area contributed by atoms with E-state index in [1.165, 1.54) is 10.9 Å². The lowest BCUT2D eigenvalue weighted by molar-refractivity contribution is -0.200. The second-order valence-corrected chi connectivity index (χ2v) is 18.1. The maximum Gasteiger partial charge on any atom is 0.490 e. The average Bonchev–Trinajstić information content (AvgIpc) is 4.06. The Labute approximate surface area is 425 Å². The van der Waals surface area contributed by atoms with Gasteiger partial charge in [-0.25, -0.2) is 14.2 Å². The van der Waals surface area contributed by atoms with Gasteiger partial charge in [0.1, 0.15) is 31.0 Å². The lowest BCUT2D eigenvalue weighted by Crippen LogP contribution is -2.52. The van der Waals surface area contributed by atoms with Crippen molar-refractivity contribution >= 4 is 48.0 Å². The molecule has 4 unspecified atom stereocenters. The molecule has 5 rings (SSSR count). The molecule has 0 saturated carbocycles. The van der Waals surface area contributed by atoms with Crippen molar-refractivity contribution in [2.24, 2.45) is 29.2 Å². The minimum atomic E-state index is -5.17. The largest absolute Gasteiger partial charge is 0.490 e. The molecule has 3 aromatic rings. The number of halogens is 4. The summed E-state index contributed by atoms with van der Waals surface area (Å²) in [5.74, 6) is 1.07. The number of hydrogen-bond donors (Lipinski definition) is 3. The predicted octanol–water partition coefficient (Wildman–Crippen LogP) is 2.59. The van der Waals surface area contributed by atoms with Crippen LogP contribution in [0.2, 0.25) is 0 Å². The van der Waals surface area contributed by atoms with Crippen molar-refractivity contribution < 1.29 is 46.5 Å². The zero-order chi connectivity index (χ0) is 51.7. The molecule has 2 saturated heterocycles. The number of alkyl halides is 3. The minimum absolute atomic E-state index is 0. The van der Waals surface area contributed by atoms with Gasteiger partial charge in [-0.2, -0.15) is 28.1 Å². The van der Waals surface area contributed by atoms with E-state index in [0.717, 1.165) is 12.8 Å². The first-order valence-electron chi connectivity index (χ1n) is 24.3. The van der Waals surface area contributed by atoms with E-state index in [1.807, 2.05) is 42.4 Å². The summed E-state index contributed by atoms with van der Waals surface area (Å²) in [5, 5.41) is 20.1. The van der Waals surface area contributed by atoms with Crippen molar-refractivity contribution in [1.82, 2.24) is 54.7 Å². The molecule has 6 atom stereocenters. The summed E-state index contributed by atoms with van der Waals surface area (Å²) < 4.78 is 61.9. The van der Waals surface area contributed by atoms with Gasteiger partial charge in [-0.3, -0.25) is 9.59 Å². The number of nitrogens with two attached hydrogens (primary N) is 2. The van der Waals surface area contributed by atoms with E-state index in [1.54, 1.807) is 15.8 Å². The van der Waals surface area contributed by atoms with E-state index >= 15 is 0 Å². The van der Waals surface area contributed by atoms with Crippen LogP contribution in [-0.2, 0) is 33.3 Å². The Morgan fingerprint density at radius 2 is 1.18 bits per heavy atom. The lowest BCUT2D eigenvalue weighted by Gasteiger charge is -2.38. The third-order valence-corrected chi connectivity index (χ3v) is 12.4. The van der Waals surface area contributed by atoms with Gasteiger partial charge >= 0.3 is 12.1 Å². The predicted molar refractivity (Wildman–Crippen MR) is 262 cm³/mol. The molecule has 0 radical (unpaired) electrons. The molecule has 27 heteroatoms. The number of rotatable bonds is 27. The maximum absolute atomic E-state index is 14.3. The Balaban J connectivity index is 0.0000112. The summed E-state index contributed by atoms with van der Waals surface area (Å²) in [5.41, 5.74) is 13.1. The van der Waals surface area contributed by atoms with Crippen molar-refractivity contribution in [3.63, 3.8) is 0 Å². The molecule has 2 amide bonds. The number of esters is 1. The quantitative estimate of drug-likeness (QED) is 0.0563. The van der Waals surface area contributed by atoms with Crippen LogP contribution in [0.1, 0.15) is 96.4 Å². The van der Waals surface area contributed by atoms with Gasteiger partial charge in [0, 0.05) is 58.9 Å². The number of aromatic nitrogens is 9. The van der Waals surface area contributed by atoms with Crippen molar-refractivity contribution in [3.8, 4) is 12.3 Å². The molecule has 23 nitrogen and oxygen atoms in total. The van der Waals surface area contributed by atoms with Gasteiger partial charge in [0.05, 0.1) is 63.2 Å². The van der Waals surface area contributed by atoms with Gasteiger partial charge in [0.25, 0.3) is 0 Å². The van der Waals surface area contributed by atoms with E-state index in [2.05, 4.69) is 50.4 Å². The molecule has 0 bridgehead atoms. The van der Waals surface area contributed by atoms with Crippen LogP contribution in [0, 0.1) is 30.1 Å². The molecular formula is C45H72ClF3N16O7. The van der Waals surface area contributed by atoms with Crippen LogP contribution < -0.4 is 26.6 Å². The number of nitrogens with one attached hydrogen (secondary N) is 1. The fourth-order valence-corrected chi connectivity index (χ4v) is 7.98. The molecule has 3 aromatic heterocycles. The smallest absolute Gasteiger partial charge is 0.457 e. The van der Waals surface area contributed by atoms with Crippen LogP contribution in [0.3, 0.4) is 0 Å². The number of terminal acetylenes is 1. The summed E-state index contributed by atoms with van der Waals surface area (Å²) in [7, 11) is 0. The second kappa shape index (κ2) is 28.7. The van der Waals surface area contributed by atoms with Crippen LogP contribution >= 0.6 is 12.4 Å². The first-order chi connectivity index (χ1) is 33.9. The Kier molecular flexibility index (Phi) is 23.6. The molecule has 2 aliphatic heterocycles. The molecule has 0 aromatic carbocycles. The number of amides is 2. The van der Waals surface area contributed by atoms with Crippen LogP contribution in [0.25, 0.3) is 0 Å². The number of ether oxygens (including phenoxy) is 4. The van der Waals surface area contributed by atoms with Crippen LogP contribution in [0.5, 0.6) is 0 Å². The fourth-order valence-electron chi connectivity index (χ4n) is 7.98. The van der Waals surface area contributed by atoms with E-state index in [4.69, 9.17) is 47.1 Å². The number of carbonyl (C=O) groups is 3. The van der Waals surface area contributed by atoms with Gasteiger partial charge in [-0.15, -0.1) is 29.0 Å². The van der Waals surface area contributed by atoms with Crippen molar-refractivity contribution in [2.45, 2.75) is 91.1 Å². The van der Waals surface area contributed by atoms with Gasteiger partial charge in [-0.1, -0.05) is 70.7 Å². The number of hydrogen-bond acceptors (Lipinski definition) is 19. The molecule has 2 fully saturated rings. The fraction of sp³-hybridized carbons (Fsp3) is 0.733. The van der Waals surface area contributed by atoms with Gasteiger partial charge in [-0.05, 0) is 24.2 Å². The highest BCUT2D eigenvalue weighted by molar-refractivity contribution is 5.85. The zero-order valence-electron chi connectivity index (χ0n) is 42.1. The molecule has 0 spiro atoms. The number of anilines is 3. The number of carbonyl (C=O) groups excluding carboxylic acids is 3. The highest BCUT2D eigenvalue weighted by atomic mass is 35.5. The molecule has 0 aliphatic carbocycles. The van der Waals surface area contributed by atoms with Crippen molar-refractivity contribution in [1.29, 1.82) is 0 Å². The van der Waals surface area contributed by atoms with E-state index in [-0.39, 0.29) is 54.4 Å². The average molecular weight is 1040 g/mol. The van der Waals surface area contributed by atoms with Gasteiger partial charge in [0.2, 0.25) is 29.7 Å². The van der Waals surface area contributed by atoms with Crippen molar-refractivity contribution in [2.75, 3.05) is 120 Å². The zero-order valence-corrected chi connectivity index (χ0v) is 42.9. The first-order valence-corrected chi connectivity index (χ1v) is 24.3. The van der Waals surface area contributed by atoms with Gasteiger partial charge < -0.3 is 55.3 Å². The van der Waals surface area contributed by atoms with Crippen LogP contribution in [-0.4, -0.2) is 184 Å². The molecule has 5 N–H and O–H groups in total. The molecule has 2 aliphatic rings. The van der Waals surface area contributed by atoms with E-state index < -0.39 is 36.9 Å². The summed E-state index contributed by atoms with van der Waals surface area (Å²) >= 11 is 0. The summed E-state index contributed by atoms with van der Waals surface area (Å²) in [4.78, 5) is 61.8. The molecule has 5 heterocycles. The van der Waals surface area contributed by atoms with Crippen molar-refractivity contribution in [3.05, 3.63) is 23.8 Å². The highest BCUT2D eigenvalue weighted by Gasteiger charge is 2.41. The second-order valence-electron chi connectivity index (χ2n) is 18.1. The molecular weight excluding hydrogens is 969 g/mol. The molecule has 402 valence electrons. The third kappa shape index (κ3) is 16.8. The number of nitrogens with zero attached hydrogens (tertiary/aromatic N) is 13. The van der Waals surface area contributed by atoms with E-state index in [9.17, 15) is 27.6 Å². The maximum atomic E-state index is 14.3. The van der Waals surface area contributed by atoms with Crippen LogP contribution in [0.15, 0.2) is 12.4 Å². The standard InChI is InChI=1S/C45H71F3N16O7.ClH/c1-8-20-68-22-24-70-25-23-69-21-11-51-42-52-43(61-16-12-59(13-17-61)39(65)37(31(6)9-2)63-27-35(55-57-63)33(49)26-30(4)5)54-44(53-42)62-18-14-60(15-19-62)40(66)38(32(7)10-3)64-28-36(56-58-64)34(50)29-71-41(67)45(46,47)48;/h1,27-28,30-34,37-38H,9-26,29,49-50H2,2-7H3,(H,51,52,53,54);1H/t31-,32-,33?,34?,37?,38?;/m0./s1. The topological polar surface area (TPSA) is 265 Å².